The maximum Gasteiger partial charge on any atom is 0.230 e. The molecule has 1 aromatic heterocycles. The highest BCUT2D eigenvalue weighted by atomic mass is 32.1. The second-order valence-corrected chi connectivity index (χ2v) is 6.74. The van der Waals surface area contributed by atoms with Crippen LogP contribution in [0.4, 0.5) is 9.52 Å². The van der Waals surface area contributed by atoms with Crippen molar-refractivity contribution in [2.24, 2.45) is 0 Å². The summed E-state index contributed by atoms with van der Waals surface area (Å²) in [6.07, 6.45) is -0.0180. The van der Waals surface area contributed by atoms with Crippen LogP contribution >= 0.6 is 11.3 Å². The summed E-state index contributed by atoms with van der Waals surface area (Å²) in [6.45, 7) is 0. The van der Waals surface area contributed by atoms with Crippen LogP contribution in [0, 0.1) is 5.82 Å². The van der Waals surface area contributed by atoms with E-state index < -0.39 is 0 Å². The fourth-order valence-electron chi connectivity index (χ4n) is 2.88. The Hall–Kier alpha value is -3.05. The van der Waals surface area contributed by atoms with Crippen molar-refractivity contribution < 1.29 is 9.18 Å². The molecule has 0 aliphatic heterocycles. The number of amides is 1. The lowest BCUT2D eigenvalue weighted by molar-refractivity contribution is -0.115. The van der Waals surface area contributed by atoms with Gasteiger partial charge in [-0.1, -0.05) is 60.7 Å². The molecule has 0 aliphatic carbocycles. The fourth-order valence-corrected chi connectivity index (χ4v) is 3.61. The van der Waals surface area contributed by atoms with Crippen LogP contribution in [0.15, 0.2) is 72.1 Å². The van der Waals surface area contributed by atoms with E-state index in [1.54, 1.807) is 18.2 Å². The molecule has 0 atom stereocenters. The van der Waals surface area contributed by atoms with Gasteiger partial charge in [-0.15, -0.1) is 11.3 Å². The Labute approximate surface area is 154 Å². The normalized spacial score (nSPS) is 10.8. The van der Waals surface area contributed by atoms with E-state index >= 15 is 0 Å². The van der Waals surface area contributed by atoms with Gasteiger partial charge in [0.1, 0.15) is 5.82 Å². The first kappa shape index (κ1) is 16.4. The van der Waals surface area contributed by atoms with Gasteiger partial charge in [-0.25, -0.2) is 9.37 Å². The Balaban J connectivity index is 1.55. The second kappa shape index (κ2) is 7.06. The molecule has 1 amide bonds. The summed E-state index contributed by atoms with van der Waals surface area (Å²) in [7, 11) is 0. The smallest absolute Gasteiger partial charge is 0.230 e. The summed E-state index contributed by atoms with van der Waals surface area (Å²) < 4.78 is 13.7. The van der Waals surface area contributed by atoms with Gasteiger partial charge in [0.2, 0.25) is 5.91 Å². The molecular weight excluding hydrogens is 347 g/mol. The van der Waals surface area contributed by atoms with Gasteiger partial charge in [0.15, 0.2) is 5.13 Å². The van der Waals surface area contributed by atoms with Crippen LogP contribution in [0.25, 0.3) is 22.0 Å². The van der Waals surface area contributed by atoms with Crippen molar-refractivity contribution in [1.29, 1.82) is 0 Å². The van der Waals surface area contributed by atoms with Gasteiger partial charge in [0.25, 0.3) is 0 Å². The summed E-state index contributed by atoms with van der Waals surface area (Å²) >= 11 is 1.36. The molecular formula is C21H15FN2OS. The molecule has 0 saturated carbocycles. The minimum absolute atomic E-state index is 0.0180. The van der Waals surface area contributed by atoms with Crippen LogP contribution < -0.4 is 5.32 Å². The van der Waals surface area contributed by atoms with Crippen LogP contribution in [-0.4, -0.2) is 10.9 Å². The number of halogens is 1. The van der Waals surface area contributed by atoms with Gasteiger partial charge >= 0.3 is 0 Å². The number of hydrogen-bond donors (Lipinski definition) is 1. The predicted octanol–water partition coefficient (Wildman–Crippen LogP) is 5.28. The third kappa shape index (κ3) is 3.34. The number of nitrogens with zero attached hydrogens (tertiary/aromatic N) is 1. The van der Waals surface area contributed by atoms with Crippen LogP contribution in [0.5, 0.6) is 0 Å². The molecule has 4 rings (SSSR count). The molecule has 128 valence electrons. The van der Waals surface area contributed by atoms with Gasteiger partial charge in [0, 0.05) is 10.9 Å². The van der Waals surface area contributed by atoms with Crippen molar-refractivity contribution in [2.45, 2.75) is 6.42 Å². The monoisotopic (exact) mass is 362 g/mol. The van der Waals surface area contributed by atoms with Crippen molar-refractivity contribution in [2.75, 3.05) is 5.32 Å². The lowest BCUT2D eigenvalue weighted by Gasteiger charge is -2.04. The van der Waals surface area contributed by atoms with Crippen molar-refractivity contribution in [3.8, 4) is 11.3 Å². The van der Waals surface area contributed by atoms with Crippen molar-refractivity contribution in [3.63, 3.8) is 0 Å². The number of hydrogen-bond acceptors (Lipinski definition) is 3. The van der Waals surface area contributed by atoms with E-state index in [2.05, 4.69) is 28.5 Å². The third-order valence-corrected chi connectivity index (χ3v) is 4.88. The minimum atomic E-state index is -0.377. The molecule has 4 aromatic rings. The number of nitrogens with one attached hydrogen (secondary N) is 1. The molecule has 0 spiro atoms. The third-order valence-electron chi connectivity index (χ3n) is 4.12. The summed E-state index contributed by atoms with van der Waals surface area (Å²) in [5, 5.41) is 7.44. The first-order chi connectivity index (χ1) is 12.7. The molecule has 0 saturated heterocycles. The van der Waals surface area contributed by atoms with Crippen molar-refractivity contribution in [3.05, 3.63) is 83.5 Å². The average molecular weight is 362 g/mol. The Morgan fingerprint density at radius 2 is 1.77 bits per heavy atom. The number of aromatic nitrogens is 1. The maximum absolute atomic E-state index is 13.7. The molecule has 0 radical (unpaired) electrons. The largest absolute Gasteiger partial charge is 0.302 e. The minimum Gasteiger partial charge on any atom is -0.302 e. The molecule has 0 aliphatic rings. The Morgan fingerprint density at radius 1 is 1.00 bits per heavy atom. The predicted molar refractivity (Wildman–Crippen MR) is 104 cm³/mol. The van der Waals surface area contributed by atoms with E-state index in [-0.39, 0.29) is 18.1 Å². The Bertz CT molecular complexity index is 1080. The van der Waals surface area contributed by atoms with E-state index in [0.29, 0.717) is 10.7 Å². The number of carbonyl (C=O) groups is 1. The zero-order valence-electron chi connectivity index (χ0n) is 13.8. The van der Waals surface area contributed by atoms with E-state index in [4.69, 9.17) is 0 Å². The first-order valence-electron chi connectivity index (χ1n) is 8.17. The Morgan fingerprint density at radius 3 is 2.65 bits per heavy atom. The van der Waals surface area contributed by atoms with Crippen molar-refractivity contribution >= 4 is 33.1 Å². The highest BCUT2D eigenvalue weighted by Crippen LogP contribution is 2.31. The van der Waals surface area contributed by atoms with Gasteiger partial charge in [0.05, 0.1) is 12.1 Å². The SMILES string of the molecule is O=C(Cc1ccccc1F)Nc1nc(-c2cccc3ccccc23)cs1. The summed E-state index contributed by atoms with van der Waals surface area (Å²) in [5.41, 5.74) is 2.21. The number of anilines is 1. The molecule has 3 aromatic carbocycles. The first-order valence-corrected chi connectivity index (χ1v) is 9.05. The van der Waals surface area contributed by atoms with E-state index in [9.17, 15) is 9.18 Å². The number of fused-ring (bicyclic) bond motifs is 1. The lowest BCUT2D eigenvalue weighted by atomic mass is 10.0. The number of thiazole rings is 1. The van der Waals surface area contributed by atoms with Gasteiger partial charge in [-0.3, -0.25) is 4.79 Å². The standard InChI is InChI=1S/C21H15FN2OS/c22-18-11-4-2-7-15(18)12-20(25)24-21-23-19(13-26-21)17-10-5-8-14-6-1-3-9-16(14)17/h1-11,13H,12H2,(H,23,24,25). The van der Waals surface area contributed by atoms with Crippen LogP contribution in [-0.2, 0) is 11.2 Å². The highest BCUT2D eigenvalue weighted by Gasteiger charge is 2.12. The van der Waals surface area contributed by atoms with E-state index in [1.807, 2.05) is 29.6 Å². The maximum atomic E-state index is 13.7. The van der Waals surface area contributed by atoms with Crippen molar-refractivity contribution in [1.82, 2.24) is 4.98 Å². The van der Waals surface area contributed by atoms with Gasteiger partial charge in [-0.05, 0) is 22.4 Å². The number of rotatable bonds is 4. The lowest BCUT2D eigenvalue weighted by Crippen LogP contribution is -2.15. The average Bonchev–Trinajstić information content (AvgIpc) is 3.11. The molecule has 0 unspecified atom stereocenters. The number of carbonyl (C=O) groups excluding carboxylic acids is 1. The zero-order valence-corrected chi connectivity index (χ0v) is 14.6. The van der Waals surface area contributed by atoms with Crippen LogP contribution in [0.1, 0.15) is 5.56 Å². The summed E-state index contributed by atoms with van der Waals surface area (Å²) in [6, 6.07) is 20.5. The molecule has 26 heavy (non-hydrogen) atoms. The quantitative estimate of drug-likeness (QED) is 0.536. The summed E-state index contributed by atoms with van der Waals surface area (Å²) in [5.74, 6) is -0.660. The molecule has 0 bridgehead atoms. The molecule has 0 fully saturated rings. The highest BCUT2D eigenvalue weighted by molar-refractivity contribution is 7.14. The Kier molecular flexibility index (Phi) is 4.46. The van der Waals surface area contributed by atoms with Crippen LogP contribution in [0.2, 0.25) is 0 Å². The topological polar surface area (TPSA) is 42.0 Å². The zero-order chi connectivity index (χ0) is 17.9. The molecule has 1 N–H and O–H groups in total. The molecule has 5 heteroatoms. The molecule has 1 heterocycles. The molecule has 3 nitrogen and oxygen atoms in total. The number of benzene rings is 3. The summed E-state index contributed by atoms with van der Waals surface area (Å²) in [4.78, 5) is 16.7. The van der Waals surface area contributed by atoms with Gasteiger partial charge < -0.3 is 5.32 Å². The van der Waals surface area contributed by atoms with E-state index in [0.717, 1.165) is 22.0 Å². The van der Waals surface area contributed by atoms with Crippen LogP contribution in [0.3, 0.4) is 0 Å². The van der Waals surface area contributed by atoms with E-state index in [1.165, 1.54) is 17.4 Å². The second-order valence-electron chi connectivity index (χ2n) is 5.88. The fraction of sp³-hybridized carbons (Fsp3) is 0.0476. The van der Waals surface area contributed by atoms with Gasteiger partial charge in [-0.2, -0.15) is 0 Å².